The highest BCUT2D eigenvalue weighted by Crippen LogP contribution is 2.33. The molecule has 0 N–H and O–H groups in total. The van der Waals surface area contributed by atoms with Gasteiger partial charge >= 0.3 is 5.97 Å². The van der Waals surface area contributed by atoms with Crippen molar-refractivity contribution in [2.24, 2.45) is 4.99 Å². The first-order valence-corrected chi connectivity index (χ1v) is 12.0. The van der Waals surface area contributed by atoms with Gasteiger partial charge in [-0.1, -0.05) is 17.4 Å². The molecular formula is C24H24N2O5S2. The summed E-state index contributed by atoms with van der Waals surface area (Å²) in [6, 6.07) is 8.64. The summed E-state index contributed by atoms with van der Waals surface area (Å²) in [4.78, 5) is 32.6. The van der Waals surface area contributed by atoms with Crippen molar-refractivity contribution in [3.8, 4) is 11.5 Å². The van der Waals surface area contributed by atoms with Crippen molar-refractivity contribution >= 4 is 34.7 Å². The third-order valence-corrected chi connectivity index (χ3v) is 7.03. The fourth-order valence-corrected chi connectivity index (χ4v) is 5.52. The first-order valence-electron chi connectivity index (χ1n) is 10.3. The predicted octanol–water partition coefficient (Wildman–Crippen LogP) is 3.27. The Bertz CT molecular complexity index is 1400. The van der Waals surface area contributed by atoms with Crippen molar-refractivity contribution in [2.75, 3.05) is 14.2 Å². The average Bonchev–Trinajstić information content (AvgIpc) is 3.41. The largest absolute Gasteiger partial charge is 0.497 e. The van der Waals surface area contributed by atoms with Gasteiger partial charge < -0.3 is 14.2 Å². The van der Waals surface area contributed by atoms with Gasteiger partial charge in [-0.3, -0.25) is 9.36 Å². The summed E-state index contributed by atoms with van der Waals surface area (Å²) >= 11 is 2.76. The number of nitrogens with zero attached hydrogens (tertiary/aromatic N) is 2. The van der Waals surface area contributed by atoms with E-state index in [0.717, 1.165) is 10.4 Å². The number of allylic oxidation sites excluding steroid dienone is 1. The molecule has 7 nitrogen and oxygen atoms in total. The molecule has 3 heterocycles. The Kier molecular flexibility index (Phi) is 6.53. The number of aromatic nitrogens is 1. The molecule has 9 heteroatoms. The molecule has 0 saturated carbocycles. The lowest BCUT2D eigenvalue weighted by atomic mass is 10.0. The van der Waals surface area contributed by atoms with Gasteiger partial charge in [0.2, 0.25) is 0 Å². The highest BCUT2D eigenvalue weighted by atomic mass is 32.1. The quantitative estimate of drug-likeness (QED) is 0.502. The fraction of sp³-hybridized carbons (Fsp3) is 0.292. The lowest BCUT2D eigenvalue weighted by Gasteiger charge is -2.24. The summed E-state index contributed by atoms with van der Waals surface area (Å²) in [5, 5.41) is 1.92. The van der Waals surface area contributed by atoms with Crippen LogP contribution in [-0.4, -0.2) is 30.9 Å². The topological polar surface area (TPSA) is 79.1 Å². The molecule has 0 saturated heterocycles. The van der Waals surface area contributed by atoms with E-state index in [1.807, 2.05) is 29.6 Å². The van der Waals surface area contributed by atoms with E-state index in [1.165, 1.54) is 22.7 Å². The molecule has 1 aliphatic rings. The summed E-state index contributed by atoms with van der Waals surface area (Å²) in [5.41, 5.74) is 1.45. The Balaban J connectivity index is 1.91. The second kappa shape index (κ2) is 9.36. The van der Waals surface area contributed by atoms with Crippen LogP contribution in [0.4, 0.5) is 0 Å². The number of carbonyl (C=O) groups excluding carboxylic acids is 1. The van der Waals surface area contributed by atoms with Gasteiger partial charge in [-0.25, -0.2) is 9.79 Å². The molecule has 33 heavy (non-hydrogen) atoms. The zero-order chi connectivity index (χ0) is 23.7. The van der Waals surface area contributed by atoms with E-state index in [-0.39, 0.29) is 11.7 Å². The minimum absolute atomic E-state index is 0.225. The van der Waals surface area contributed by atoms with Crippen molar-refractivity contribution in [3.63, 3.8) is 0 Å². The number of benzene rings is 1. The maximum atomic E-state index is 13.6. The highest BCUT2D eigenvalue weighted by Gasteiger charge is 2.34. The monoisotopic (exact) mass is 484 g/mol. The van der Waals surface area contributed by atoms with E-state index in [2.05, 4.69) is 4.99 Å². The van der Waals surface area contributed by atoms with Crippen LogP contribution >= 0.6 is 22.7 Å². The first-order chi connectivity index (χ1) is 15.8. The molecule has 3 aromatic rings. The molecule has 0 bridgehead atoms. The summed E-state index contributed by atoms with van der Waals surface area (Å²) in [6.07, 6.45) is 1.49. The summed E-state index contributed by atoms with van der Waals surface area (Å²) in [5.74, 6) is 0.787. The Morgan fingerprint density at radius 1 is 1.21 bits per heavy atom. The average molecular weight is 485 g/mol. The molecule has 0 amide bonds. The second-order valence-electron chi connectivity index (χ2n) is 7.66. The number of methoxy groups -OCH3 is 2. The number of thiazole rings is 1. The smallest absolute Gasteiger partial charge is 0.338 e. The number of esters is 1. The fourth-order valence-electron chi connectivity index (χ4n) is 3.66. The SMILES string of the molecule is COc1ccc(/C=c2\sc3n(c2=O)[C@H](c2cccs2)C(C(=O)OC(C)C)=C(C)N=3)c(OC)c1. The van der Waals surface area contributed by atoms with Crippen molar-refractivity contribution < 1.29 is 19.0 Å². The normalized spacial score (nSPS) is 15.9. The van der Waals surface area contributed by atoms with E-state index in [0.29, 0.717) is 32.1 Å². The Labute approximate surface area is 198 Å². The van der Waals surface area contributed by atoms with Crippen molar-refractivity contribution in [3.05, 3.63) is 77.1 Å². The molecule has 1 aliphatic heterocycles. The maximum absolute atomic E-state index is 13.6. The lowest BCUT2D eigenvalue weighted by molar-refractivity contribution is -0.143. The molecule has 0 unspecified atom stereocenters. The minimum Gasteiger partial charge on any atom is -0.497 e. The number of rotatable bonds is 6. The van der Waals surface area contributed by atoms with E-state index >= 15 is 0 Å². The number of ether oxygens (including phenoxy) is 3. The molecule has 0 spiro atoms. The van der Waals surface area contributed by atoms with Crippen LogP contribution in [0.15, 0.2) is 56.8 Å². The maximum Gasteiger partial charge on any atom is 0.338 e. The van der Waals surface area contributed by atoms with Gasteiger partial charge in [0, 0.05) is 16.5 Å². The number of hydrogen-bond acceptors (Lipinski definition) is 8. The third kappa shape index (κ3) is 4.38. The molecule has 0 radical (unpaired) electrons. The van der Waals surface area contributed by atoms with E-state index in [4.69, 9.17) is 14.2 Å². The first kappa shape index (κ1) is 23.0. The van der Waals surface area contributed by atoms with E-state index in [1.54, 1.807) is 51.7 Å². The number of fused-ring (bicyclic) bond motifs is 1. The molecule has 1 aromatic carbocycles. The van der Waals surface area contributed by atoms with Gasteiger partial charge in [0.05, 0.1) is 36.1 Å². The van der Waals surface area contributed by atoms with Crippen LogP contribution in [0.5, 0.6) is 11.5 Å². The van der Waals surface area contributed by atoms with Crippen LogP contribution in [0, 0.1) is 0 Å². The molecular weight excluding hydrogens is 460 g/mol. The Morgan fingerprint density at radius 3 is 2.64 bits per heavy atom. The van der Waals surface area contributed by atoms with Crippen LogP contribution in [0.25, 0.3) is 6.08 Å². The van der Waals surface area contributed by atoms with Gasteiger partial charge in [-0.15, -0.1) is 11.3 Å². The number of thiophene rings is 1. The molecule has 1 atom stereocenters. The Morgan fingerprint density at radius 2 is 2.00 bits per heavy atom. The zero-order valence-electron chi connectivity index (χ0n) is 18.9. The van der Waals surface area contributed by atoms with Gasteiger partial charge in [-0.05, 0) is 50.4 Å². The van der Waals surface area contributed by atoms with Crippen molar-refractivity contribution in [1.29, 1.82) is 0 Å². The van der Waals surface area contributed by atoms with Gasteiger partial charge in [0.1, 0.15) is 17.5 Å². The number of hydrogen-bond donors (Lipinski definition) is 0. The van der Waals surface area contributed by atoms with Crippen molar-refractivity contribution in [1.82, 2.24) is 4.57 Å². The molecule has 0 fully saturated rings. The van der Waals surface area contributed by atoms with Gasteiger partial charge in [0.15, 0.2) is 4.80 Å². The summed E-state index contributed by atoms with van der Waals surface area (Å²) in [7, 11) is 3.15. The van der Waals surface area contributed by atoms with Crippen LogP contribution < -0.4 is 24.4 Å². The summed E-state index contributed by atoms with van der Waals surface area (Å²) < 4.78 is 18.3. The molecule has 4 rings (SSSR count). The Hall–Kier alpha value is -3.17. The van der Waals surface area contributed by atoms with Crippen LogP contribution in [0.2, 0.25) is 0 Å². The van der Waals surface area contributed by atoms with Crippen molar-refractivity contribution in [2.45, 2.75) is 32.9 Å². The molecule has 2 aromatic heterocycles. The minimum atomic E-state index is -0.590. The highest BCUT2D eigenvalue weighted by molar-refractivity contribution is 7.10. The van der Waals surface area contributed by atoms with Gasteiger partial charge in [-0.2, -0.15) is 0 Å². The standard InChI is InChI=1S/C24H24N2O5S2/c1-13(2)31-23(28)20-14(3)25-24-26(21(20)18-7-6-10-32-18)22(27)19(33-24)11-15-8-9-16(29-4)12-17(15)30-5/h6-13,21H,1-5H3/b19-11-/t21-/m1/s1. The van der Waals surface area contributed by atoms with Crippen LogP contribution in [-0.2, 0) is 9.53 Å². The van der Waals surface area contributed by atoms with E-state index < -0.39 is 12.0 Å². The third-order valence-electron chi connectivity index (χ3n) is 5.12. The van der Waals surface area contributed by atoms with Crippen LogP contribution in [0.1, 0.15) is 37.3 Å². The van der Waals surface area contributed by atoms with Gasteiger partial charge in [0.25, 0.3) is 5.56 Å². The molecule has 0 aliphatic carbocycles. The second-order valence-corrected chi connectivity index (χ2v) is 9.65. The predicted molar refractivity (Wildman–Crippen MR) is 129 cm³/mol. The summed E-state index contributed by atoms with van der Waals surface area (Å²) in [6.45, 7) is 5.37. The lowest BCUT2D eigenvalue weighted by Crippen LogP contribution is -2.39. The molecule has 172 valence electrons. The zero-order valence-corrected chi connectivity index (χ0v) is 20.6. The van der Waals surface area contributed by atoms with Crippen LogP contribution in [0.3, 0.4) is 0 Å². The number of carbonyl (C=O) groups is 1. The van der Waals surface area contributed by atoms with E-state index in [9.17, 15) is 9.59 Å².